The summed E-state index contributed by atoms with van der Waals surface area (Å²) in [5, 5.41) is 11.5. The molecule has 2 aromatic rings. The second kappa shape index (κ2) is 5.04. The van der Waals surface area contributed by atoms with E-state index in [9.17, 15) is 0 Å². The number of methoxy groups -OCH3 is 1. The number of aromatic nitrogens is 3. The van der Waals surface area contributed by atoms with Crippen LogP contribution in [0.4, 0.5) is 0 Å². The molecule has 1 aromatic heterocycles. The Bertz CT molecular complexity index is 542. The topological polar surface area (TPSA) is 47.9 Å². The van der Waals surface area contributed by atoms with Crippen LogP contribution < -0.4 is 4.74 Å². The Kier molecular flexibility index (Phi) is 3.66. The van der Waals surface area contributed by atoms with Gasteiger partial charge in [0.2, 0.25) is 0 Å². The molecule has 0 bridgehead atoms. The van der Waals surface area contributed by atoms with Gasteiger partial charge < -0.3 is 4.74 Å². The van der Waals surface area contributed by atoms with Crippen molar-refractivity contribution in [3.05, 3.63) is 33.5 Å². The second-order valence-electron chi connectivity index (χ2n) is 3.09. The predicted octanol–water partition coefficient (Wildman–Crippen LogP) is 3.51. The highest BCUT2D eigenvalue weighted by atomic mass is 35.5. The summed E-state index contributed by atoms with van der Waals surface area (Å²) in [7, 11) is 1.54. The van der Waals surface area contributed by atoms with Crippen LogP contribution in [0.15, 0.2) is 18.2 Å². The fourth-order valence-corrected chi connectivity index (χ4v) is 2.05. The summed E-state index contributed by atoms with van der Waals surface area (Å²) in [4.78, 5) is 0. The van der Waals surface area contributed by atoms with Crippen molar-refractivity contribution >= 4 is 34.8 Å². The highest BCUT2D eigenvalue weighted by Gasteiger charge is 2.16. The lowest BCUT2D eigenvalue weighted by atomic mass is 10.1. The Hall–Kier alpha value is -1.10. The molecule has 0 N–H and O–H groups in total. The molecular weight excluding hydrogens is 284 g/mol. The Morgan fingerprint density at radius 2 is 1.71 bits per heavy atom. The first-order valence-corrected chi connectivity index (χ1v) is 5.65. The molecule has 1 aromatic carbocycles. The van der Waals surface area contributed by atoms with E-state index in [0.29, 0.717) is 21.9 Å². The third-order valence-electron chi connectivity index (χ3n) is 2.11. The first-order valence-electron chi connectivity index (χ1n) is 4.51. The highest BCUT2D eigenvalue weighted by Crippen LogP contribution is 2.38. The molecule has 0 aliphatic carbocycles. The van der Waals surface area contributed by atoms with Crippen molar-refractivity contribution in [1.29, 1.82) is 0 Å². The summed E-state index contributed by atoms with van der Waals surface area (Å²) in [5.74, 6) is 0.577. The zero-order valence-corrected chi connectivity index (χ0v) is 10.9. The maximum atomic E-state index is 5.95. The molecule has 0 saturated carbocycles. The van der Waals surface area contributed by atoms with E-state index in [2.05, 4.69) is 15.4 Å². The van der Waals surface area contributed by atoms with E-state index >= 15 is 0 Å². The number of hydrogen-bond donors (Lipinski definition) is 0. The van der Waals surface area contributed by atoms with Crippen LogP contribution in [-0.2, 0) is 0 Å². The van der Waals surface area contributed by atoms with Crippen LogP contribution in [0.3, 0.4) is 0 Å². The molecule has 0 unspecified atom stereocenters. The van der Waals surface area contributed by atoms with Crippen molar-refractivity contribution in [2.75, 3.05) is 7.11 Å². The van der Waals surface area contributed by atoms with Gasteiger partial charge in [0.25, 0.3) is 0 Å². The van der Waals surface area contributed by atoms with E-state index in [-0.39, 0.29) is 10.3 Å². The van der Waals surface area contributed by atoms with Crippen LogP contribution >= 0.6 is 34.8 Å². The van der Waals surface area contributed by atoms with Gasteiger partial charge in [-0.05, 0) is 23.4 Å². The van der Waals surface area contributed by atoms with Gasteiger partial charge in [-0.2, -0.15) is 0 Å². The molecule has 0 spiro atoms. The molecule has 0 saturated heterocycles. The molecule has 88 valence electrons. The molecule has 0 aliphatic heterocycles. The maximum Gasteiger partial charge on any atom is 0.164 e. The van der Waals surface area contributed by atoms with Gasteiger partial charge in [0, 0.05) is 10.6 Å². The molecule has 0 amide bonds. The number of nitrogens with zero attached hydrogens (tertiary/aromatic N) is 3. The number of hydrogen-bond acceptors (Lipinski definition) is 4. The van der Waals surface area contributed by atoms with Gasteiger partial charge in [0.05, 0.1) is 12.7 Å². The van der Waals surface area contributed by atoms with Crippen LogP contribution in [0.2, 0.25) is 15.3 Å². The summed E-state index contributed by atoms with van der Waals surface area (Å²) in [5.41, 5.74) is 1.07. The molecular formula is C10H6Cl3N3O. The van der Waals surface area contributed by atoms with Crippen molar-refractivity contribution in [3.8, 4) is 16.9 Å². The van der Waals surface area contributed by atoms with Gasteiger partial charge in [-0.1, -0.05) is 34.8 Å². The number of benzene rings is 1. The number of halogens is 3. The van der Waals surface area contributed by atoms with Crippen molar-refractivity contribution in [2.24, 2.45) is 0 Å². The first kappa shape index (κ1) is 12.4. The summed E-state index contributed by atoms with van der Waals surface area (Å²) in [6.07, 6.45) is 0. The minimum absolute atomic E-state index is 0.144. The Labute approximate surface area is 112 Å². The molecule has 2 rings (SSSR count). The molecule has 0 radical (unpaired) electrons. The van der Waals surface area contributed by atoms with E-state index in [1.165, 1.54) is 7.11 Å². The fraction of sp³-hybridized carbons (Fsp3) is 0.100. The lowest BCUT2D eigenvalue weighted by Crippen LogP contribution is -1.95. The van der Waals surface area contributed by atoms with Gasteiger partial charge in [-0.15, -0.1) is 10.2 Å². The molecule has 0 aliphatic rings. The van der Waals surface area contributed by atoms with Gasteiger partial charge in [-0.3, -0.25) is 0 Å². The number of rotatable bonds is 2. The van der Waals surface area contributed by atoms with Crippen LogP contribution in [0.5, 0.6) is 5.75 Å². The van der Waals surface area contributed by atoms with E-state index in [4.69, 9.17) is 39.5 Å². The SMILES string of the molecule is COc1ccc(Cl)cc1-c1c(Cl)nnnc1Cl. The van der Waals surface area contributed by atoms with Crippen LogP contribution in [-0.4, -0.2) is 22.5 Å². The lowest BCUT2D eigenvalue weighted by molar-refractivity contribution is 0.416. The lowest BCUT2D eigenvalue weighted by Gasteiger charge is -2.10. The van der Waals surface area contributed by atoms with Crippen LogP contribution in [0.1, 0.15) is 0 Å². The summed E-state index contributed by atoms with van der Waals surface area (Å²) in [6.45, 7) is 0. The molecule has 7 heteroatoms. The van der Waals surface area contributed by atoms with Gasteiger partial charge in [0.15, 0.2) is 10.3 Å². The summed E-state index contributed by atoms with van der Waals surface area (Å²) >= 11 is 17.8. The quantitative estimate of drug-likeness (QED) is 0.849. The summed E-state index contributed by atoms with van der Waals surface area (Å²) in [6, 6.07) is 5.09. The molecule has 17 heavy (non-hydrogen) atoms. The van der Waals surface area contributed by atoms with Gasteiger partial charge in [-0.25, -0.2) is 0 Å². The van der Waals surface area contributed by atoms with Crippen LogP contribution in [0.25, 0.3) is 11.1 Å². The average Bonchev–Trinajstić information content (AvgIpc) is 2.29. The second-order valence-corrected chi connectivity index (χ2v) is 4.24. The van der Waals surface area contributed by atoms with E-state index in [0.717, 1.165) is 0 Å². The maximum absolute atomic E-state index is 5.95. The predicted molar refractivity (Wildman–Crippen MR) is 66.8 cm³/mol. The van der Waals surface area contributed by atoms with Crippen molar-refractivity contribution in [3.63, 3.8) is 0 Å². The molecule has 0 fully saturated rings. The van der Waals surface area contributed by atoms with Crippen molar-refractivity contribution in [2.45, 2.75) is 0 Å². The third kappa shape index (κ3) is 2.44. The fourth-order valence-electron chi connectivity index (χ4n) is 1.38. The normalized spacial score (nSPS) is 10.4. The molecule has 1 heterocycles. The van der Waals surface area contributed by atoms with Crippen molar-refractivity contribution < 1.29 is 4.74 Å². The Balaban J connectivity index is 2.71. The standard InChI is InChI=1S/C10H6Cl3N3O/c1-17-7-3-2-5(11)4-6(7)8-9(12)14-16-15-10(8)13/h2-4H,1H3. The van der Waals surface area contributed by atoms with Crippen LogP contribution in [0, 0.1) is 0 Å². The minimum atomic E-state index is 0.144. The smallest absolute Gasteiger partial charge is 0.164 e. The Morgan fingerprint density at radius 3 is 2.29 bits per heavy atom. The molecule has 0 atom stereocenters. The number of ether oxygens (including phenoxy) is 1. The van der Waals surface area contributed by atoms with Crippen molar-refractivity contribution in [1.82, 2.24) is 15.4 Å². The van der Waals surface area contributed by atoms with E-state index < -0.39 is 0 Å². The highest BCUT2D eigenvalue weighted by molar-refractivity contribution is 6.38. The van der Waals surface area contributed by atoms with Gasteiger partial charge in [0.1, 0.15) is 5.75 Å². The van der Waals surface area contributed by atoms with Gasteiger partial charge >= 0.3 is 0 Å². The average molecular weight is 291 g/mol. The Morgan fingerprint density at radius 1 is 1.06 bits per heavy atom. The third-order valence-corrected chi connectivity index (χ3v) is 2.87. The monoisotopic (exact) mass is 289 g/mol. The summed E-state index contributed by atoms with van der Waals surface area (Å²) < 4.78 is 5.21. The van der Waals surface area contributed by atoms with E-state index in [1.54, 1.807) is 18.2 Å². The zero-order valence-electron chi connectivity index (χ0n) is 8.62. The molecule has 4 nitrogen and oxygen atoms in total. The first-order chi connectivity index (χ1) is 8.13. The zero-order chi connectivity index (χ0) is 12.4. The minimum Gasteiger partial charge on any atom is -0.496 e. The largest absolute Gasteiger partial charge is 0.496 e. The van der Waals surface area contributed by atoms with E-state index in [1.807, 2.05) is 0 Å².